The van der Waals surface area contributed by atoms with Crippen molar-refractivity contribution in [3.63, 3.8) is 0 Å². The van der Waals surface area contributed by atoms with Crippen LogP contribution in [0, 0.1) is 10.1 Å². The van der Waals surface area contributed by atoms with Gasteiger partial charge in [0.05, 0.1) is 43.0 Å². The van der Waals surface area contributed by atoms with Crippen molar-refractivity contribution in [1.82, 2.24) is 4.31 Å². The minimum absolute atomic E-state index is 0.00396. The number of likely N-dealkylation sites (N-methyl/N-ethyl adjacent to an activating group) is 1. The minimum Gasteiger partial charge on any atom is -0.377 e. The van der Waals surface area contributed by atoms with Gasteiger partial charge in [-0.15, -0.1) is 0 Å². The first-order valence-corrected chi connectivity index (χ1v) is 10.2. The van der Waals surface area contributed by atoms with Crippen LogP contribution in [0.15, 0.2) is 23.1 Å². The van der Waals surface area contributed by atoms with E-state index in [4.69, 9.17) is 0 Å². The lowest BCUT2D eigenvalue weighted by Crippen LogP contribution is -3.12. The maximum Gasteiger partial charge on any atom is 0.293 e. The highest BCUT2D eigenvalue weighted by Crippen LogP contribution is 2.31. The van der Waals surface area contributed by atoms with E-state index in [-0.39, 0.29) is 16.6 Å². The molecule has 25 heavy (non-hydrogen) atoms. The number of hydrogen-bond donors (Lipinski definition) is 2. The van der Waals surface area contributed by atoms with E-state index in [9.17, 15) is 18.5 Å². The fourth-order valence-corrected chi connectivity index (χ4v) is 4.95. The third-order valence-electron chi connectivity index (χ3n) is 5.09. The number of quaternary nitrogens is 1. The maximum atomic E-state index is 12.8. The molecule has 0 aromatic heterocycles. The maximum absolute atomic E-state index is 12.8. The molecule has 3 rings (SSSR count). The fourth-order valence-electron chi connectivity index (χ4n) is 3.49. The zero-order valence-corrected chi connectivity index (χ0v) is 15.2. The lowest BCUT2D eigenvalue weighted by atomic mass is 10.2. The lowest BCUT2D eigenvalue weighted by Gasteiger charge is -2.29. The Morgan fingerprint density at radius 1 is 1.24 bits per heavy atom. The van der Waals surface area contributed by atoms with Crippen LogP contribution in [0.2, 0.25) is 0 Å². The monoisotopic (exact) mass is 369 g/mol. The summed E-state index contributed by atoms with van der Waals surface area (Å²) in [6.07, 6.45) is 4.20. The second-order valence-corrected chi connectivity index (χ2v) is 8.86. The number of nitro benzene ring substituents is 1. The molecular weight excluding hydrogens is 344 g/mol. The van der Waals surface area contributed by atoms with Gasteiger partial charge in [0.25, 0.3) is 5.69 Å². The van der Waals surface area contributed by atoms with Crippen LogP contribution in [-0.4, -0.2) is 56.9 Å². The van der Waals surface area contributed by atoms with Crippen LogP contribution in [0.3, 0.4) is 0 Å². The van der Waals surface area contributed by atoms with Gasteiger partial charge in [0.1, 0.15) is 5.69 Å². The molecule has 0 atom stereocenters. The van der Waals surface area contributed by atoms with E-state index in [1.54, 1.807) is 0 Å². The standard InChI is InChI=1S/C16H24N4O4S/c1-18-8-10-19(11-9-18)25(23,24)14-6-7-15(16(12-14)20(21)22)17-13-4-2-3-5-13/h6-7,12-13,17H,2-5,8-11H2,1H3/p+1. The number of sulfonamides is 1. The van der Waals surface area contributed by atoms with E-state index in [1.807, 2.05) is 7.05 Å². The number of benzene rings is 1. The van der Waals surface area contributed by atoms with Crippen LogP contribution < -0.4 is 10.2 Å². The summed E-state index contributed by atoms with van der Waals surface area (Å²) in [6.45, 7) is 2.35. The fraction of sp³-hybridized carbons (Fsp3) is 0.625. The predicted octanol–water partition coefficient (Wildman–Crippen LogP) is 0.468. The average molecular weight is 369 g/mol. The van der Waals surface area contributed by atoms with Crippen LogP contribution in [0.25, 0.3) is 0 Å². The van der Waals surface area contributed by atoms with E-state index in [2.05, 4.69) is 5.32 Å². The van der Waals surface area contributed by atoms with Crippen molar-refractivity contribution in [3.8, 4) is 0 Å². The molecule has 8 nitrogen and oxygen atoms in total. The van der Waals surface area contributed by atoms with Crippen LogP contribution in [0.4, 0.5) is 11.4 Å². The van der Waals surface area contributed by atoms with E-state index in [1.165, 1.54) is 27.4 Å². The number of nitrogens with zero attached hydrogens (tertiary/aromatic N) is 2. The number of rotatable bonds is 5. The summed E-state index contributed by atoms with van der Waals surface area (Å²) < 4.78 is 27.0. The van der Waals surface area contributed by atoms with Crippen molar-refractivity contribution in [1.29, 1.82) is 0 Å². The summed E-state index contributed by atoms with van der Waals surface area (Å²) >= 11 is 0. The molecule has 1 aromatic carbocycles. The third-order valence-corrected chi connectivity index (χ3v) is 6.99. The molecule has 0 radical (unpaired) electrons. The van der Waals surface area contributed by atoms with Gasteiger partial charge >= 0.3 is 0 Å². The Hall–Kier alpha value is -1.71. The summed E-state index contributed by atoms with van der Waals surface area (Å²) in [5.41, 5.74) is 0.228. The van der Waals surface area contributed by atoms with Gasteiger partial charge in [0.15, 0.2) is 0 Å². The number of anilines is 1. The number of nitrogens with one attached hydrogen (secondary N) is 2. The summed E-state index contributed by atoms with van der Waals surface area (Å²) in [5.74, 6) is 0. The van der Waals surface area contributed by atoms with Gasteiger partial charge in [-0.3, -0.25) is 10.1 Å². The van der Waals surface area contributed by atoms with Crippen molar-refractivity contribution in [2.45, 2.75) is 36.6 Å². The van der Waals surface area contributed by atoms with Crippen molar-refractivity contribution in [2.75, 3.05) is 38.5 Å². The highest BCUT2D eigenvalue weighted by Gasteiger charge is 2.31. The van der Waals surface area contributed by atoms with Crippen molar-refractivity contribution < 1.29 is 18.2 Å². The molecule has 0 bridgehead atoms. The van der Waals surface area contributed by atoms with Gasteiger partial charge in [0, 0.05) is 12.1 Å². The molecule has 0 unspecified atom stereocenters. The Bertz CT molecular complexity index is 739. The van der Waals surface area contributed by atoms with Gasteiger partial charge in [0.2, 0.25) is 10.0 Å². The Kier molecular flexibility index (Phi) is 5.26. The van der Waals surface area contributed by atoms with E-state index < -0.39 is 14.9 Å². The molecule has 0 spiro atoms. The smallest absolute Gasteiger partial charge is 0.293 e. The van der Waals surface area contributed by atoms with Gasteiger partial charge < -0.3 is 10.2 Å². The molecule has 2 N–H and O–H groups in total. The van der Waals surface area contributed by atoms with Crippen LogP contribution in [0.5, 0.6) is 0 Å². The molecule has 1 saturated heterocycles. The molecular formula is C16H25N4O4S+. The SMILES string of the molecule is C[NH+]1CCN(S(=O)(=O)c2ccc(NC3CCCC3)c([N+](=O)[O-])c2)CC1. The molecule has 138 valence electrons. The summed E-state index contributed by atoms with van der Waals surface area (Å²) in [7, 11) is -1.67. The highest BCUT2D eigenvalue weighted by molar-refractivity contribution is 7.89. The minimum atomic E-state index is -3.70. The number of piperazine rings is 1. The van der Waals surface area contributed by atoms with Gasteiger partial charge in [-0.05, 0) is 25.0 Å². The number of hydrogen-bond acceptors (Lipinski definition) is 5. The summed E-state index contributed by atoms with van der Waals surface area (Å²) in [4.78, 5) is 12.2. The first kappa shape index (κ1) is 18.1. The molecule has 1 heterocycles. The zero-order valence-electron chi connectivity index (χ0n) is 14.4. The lowest BCUT2D eigenvalue weighted by molar-refractivity contribution is -0.883. The second-order valence-electron chi connectivity index (χ2n) is 6.92. The van der Waals surface area contributed by atoms with Gasteiger partial charge in [-0.2, -0.15) is 4.31 Å². The summed E-state index contributed by atoms with van der Waals surface area (Å²) in [5, 5.41) is 14.6. The second kappa shape index (κ2) is 7.27. The van der Waals surface area contributed by atoms with Crippen LogP contribution in [0.1, 0.15) is 25.7 Å². The van der Waals surface area contributed by atoms with Crippen molar-refractivity contribution in [3.05, 3.63) is 28.3 Å². The molecule has 1 aromatic rings. The predicted molar refractivity (Wildman–Crippen MR) is 94.4 cm³/mol. The first-order chi connectivity index (χ1) is 11.9. The quantitative estimate of drug-likeness (QED) is 0.581. The van der Waals surface area contributed by atoms with Gasteiger partial charge in [-0.1, -0.05) is 12.8 Å². The first-order valence-electron chi connectivity index (χ1n) is 8.74. The Morgan fingerprint density at radius 3 is 2.48 bits per heavy atom. The molecule has 9 heteroatoms. The van der Waals surface area contributed by atoms with E-state index in [0.717, 1.165) is 38.8 Å². The van der Waals surface area contributed by atoms with Crippen molar-refractivity contribution in [2.24, 2.45) is 0 Å². The van der Waals surface area contributed by atoms with Crippen LogP contribution >= 0.6 is 0 Å². The molecule has 1 aliphatic carbocycles. The Morgan fingerprint density at radius 2 is 1.88 bits per heavy atom. The van der Waals surface area contributed by atoms with Crippen LogP contribution in [-0.2, 0) is 10.0 Å². The summed E-state index contributed by atoms with van der Waals surface area (Å²) in [6, 6.07) is 4.43. The topological polar surface area (TPSA) is 97.0 Å². The normalized spacial score (nSPS) is 20.7. The molecule has 2 aliphatic rings. The highest BCUT2D eigenvalue weighted by atomic mass is 32.2. The number of nitro groups is 1. The Labute approximate surface area is 148 Å². The zero-order chi connectivity index (χ0) is 18.0. The average Bonchev–Trinajstić information content (AvgIpc) is 3.08. The largest absolute Gasteiger partial charge is 0.377 e. The molecule has 2 fully saturated rings. The molecule has 1 saturated carbocycles. The molecule has 0 amide bonds. The van der Waals surface area contributed by atoms with E-state index in [0.29, 0.717) is 18.8 Å². The van der Waals surface area contributed by atoms with E-state index >= 15 is 0 Å². The third kappa shape index (κ3) is 3.94. The van der Waals surface area contributed by atoms with Crippen molar-refractivity contribution >= 4 is 21.4 Å². The Balaban J connectivity index is 1.86. The molecule has 1 aliphatic heterocycles. The van der Waals surface area contributed by atoms with Gasteiger partial charge in [-0.25, -0.2) is 8.42 Å².